The molecule has 3 aromatic carbocycles. The topological polar surface area (TPSA) is 43.1 Å². The molecule has 1 amide bonds. The van der Waals surface area contributed by atoms with Crippen molar-refractivity contribution in [2.24, 2.45) is 5.73 Å². The number of carbonyl (C=O) groups excluding carboxylic acids is 1. The van der Waals surface area contributed by atoms with Gasteiger partial charge in [-0.1, -0.05) is 66.7 Å². The van der Waals surface area contributed by atoms with E-state index in [0.717, 1.165) is 33.0 Å². The van der Waals surface area contributed by atoms with E-state index in [1.165, 1.54) is 0 Å². The smallest absolute Gasteiger partial charge is 0.244 e. The molecular formula is C21H19NO. The highest BCUT2D eigenvalue weighted by atomic mass is 16.1. The summed E-state index contributed by atoms with van der Waals surface area (Å²) in [6, 6.07) is 22.4. The van der Waals surface area contributed by atoms with E-state index in [0.29, 0.717) is 5.57 Å². The molecule has 0 saturated carbocycles. The second-order valence-electron chi connectivity index (χ2n) is 5.71. The lowest BCUT2D eigenvalue weighted by molar-refractivity contribution is -0.114. The molecule has 114 valence electrons. The summed E-state index contributed by atoms with van der Waals surface area (Å²) in [5, 5.41) is 2.27. The SMILES string of the molecule is CC(C(N)=O)=C(c1ccccc1C)c1cccc2ccccc12. The largest absolute Gasteiger partial charge is 0.366 e. The first-order valence-electron chi connectivity index (χ1n) is 7.64. The summed E-state index contributed by atoms with van der Waals surface area (Å²) < 4.78 is 0. The first kappa shape index (κ1) is 15.0. The van der Waals surface area contributed by atoms with Crippen LogP contribution in [0.2, 0.25) is 0 Å². The molecule has 0 aromatic heterocycles. The monoisotopic (exact) mass is 301 g/mol. The number of amides is 1. The van der Waals surface area contributed by atoms with Crippen LogP contribution in [-0.4, -0.2) is 5.91 Å². The Morgan fingerprint density at radius 3 is 2.17 bits per heavy atom. The van der Waals surface area contributed by atoms with Crippen molar-refractivity contribution in [2.45, 2.75) is 13.8 Å². The van der Waals surface area contributed by atoms with Crippen molar-refractivity contribution in [1.29, 1.82) is 0 Å². The third-order valence-electron chi connectivity index (χ3n) is 4.22. The second-order valence-corrected chi connectivity index (χ2v) is 5.71. The van der Waals surface area contributed by atoms with Crippen LogP contribution in [0, 0.1) is 6.92 Å². The Bertz CT molecular complexity index is 917. The van der Waals surface area contributed by atoms with Crippen molar-refractivity contribution < 1.29 is 4.79 Å². The van der Waals surface area contributed by atoms with Crippen molar-refractivity contribution >= 4 is 22.3 Å². The van der Waals surface area contributed by atoms with Crippen LogP contribution in [0.1, 0.15) is 23.6 Å². The van der Waals surface area contributed by atoms with Gasteiger partial charge in [0.25, 0.3) is 0 Å². The Morgan fingerprint density at radius 1 is 0.826 bits per heavy atom. The molecular weight excluding hydrogens is 282 g/mol. The van der Waals surface area contributed by atoms with Gasteiger partial charge in [0.1, 0.15) is 0 Å². The molecule has 0 aliphatic rings. The molecule has 0 spiro atoms. The molecule has 2 heteroatoms. The molecule has 2 nitrogen and oxygen atoms in total. The summed E-state index contributed by atoms with van der Waals surface area (Å²) in [7, 11) is 0. The maximum atomic E-state index is 11.9. The minimum absolute atomic E-state index is 0.392. The van der Waals surface area contributed by atoms with E-state index in [1.807, 2.05) is 36.4 Å². The molecule has 0 aliphatic carbocycles. The maximum Gasteiger partial charge on any atom is 0.244 e. The number of hydrogen-bond acceptors (Lipinski definition) is 1. The number of aryl methyl sites for hydroxylation is 1. The van der Waals surface area contributed by atoms with Crippen LogP contribution in [0.15, 0.2) is 72.3 Å². The van der Waals surface area contributed by atoms with Gasteiger partial charge in [-0.15, -0.1) is 0 Å². The Hall–Kier alpha value is -2.87. The normalized spacial score (nSPS) is 12.1. The lowest BCUT2D eigenvalue weighted by atomic mass is 9.88. The fraction of sp³-hybridized carbons (Fsp3) is 0.0952. The number of primary amides is 1. The molecule has 2 N–H and O–H groups in total. The van der Waals surface area contributed by atoms with Gasteiger partial charge in [0, 0.05) is 5.57 Å². The van der Waals surface area contributed by atoms with Crippen molar-refractivity contribution in [3.63, 3.8) is 0 Å². The highest BCUT2D eigenvalue weighted by molar-refractivity contribution is 6.08. The van der Waals surface area contributed by atoms with Crippen LogP contribution in [0.3, 0.4) is 0 Å². The van der Waals surface area contributed by atoms with Gasteiger partial charge in [0.2, 0.25) is 5.91 Å². The van der Waals surface area contributed by atoms with E-state index < -0.39 is 5.91 Å². The van der Waals surface area contributed by atoms with Crippen LogP contribution < -0.4 is 5.73 Å². The fourth-order valence-corrected chi connectivity index (χ4v) is 2.97. The quantitative estimate of drug-likeness (QED) is 0.713. The number of hydrogen-bond donors (Lipinski definition) is 1. The summed E-state index contributed by atoms with van der Waals surface area (Å²) in [6.45, 7) is 3.85. The van der Waals surface area contributed by atoms with Gasteiger partial charge >= 0.3 is 0 Å². The molecule has 0 bridgehead atoms. The van der Waals surface area contributed by atoms with Gasteiger partial charge in [-0.2, -0.15) is 0 Å². The molecule has 0 unspecified atom stereocenters. The van der Waals surface area contributed by atoms with Gasteiger partial charge < -0.3 is 5.73 Å². The molecule has 23 heavy (non-hydrogen) atoms. The Balaban J connectivity index is 2.39. The van der Waals surface area contributed by atoms with E-state index >= 15 is 0 Å². The van der Waals surface area contributed by atoms with Crippen molar-refractivity contribution in [1.82, 2.24) is 0 Å². The Labute approximate surface area is 136 Å². The molecule has 0 atom stereocenters. The number of fused-ring (bicyclic) bond motifs is 1. The highest BCUT2D eigenvalue weighted by Crippen LogP contribution is 2.33. The average molecular weight is 301 g/mol. The van der Waals surface area contributed by atoms with E-state index in [1.54, 1.807) is 6.92 Å². The first-order chi connectivity index (χ1) is 11.1. The minimum atomic E-state index is -0.392. The third-order valence-corrected chi connectivity index (χ3v) is 4.22. The molecule has 0 radical (unpaired) electrons. The van der Waals surface area contributed by atoms with Crippen molar-refractivity contribution in [2.75, 3.05) is 0 Å². The number of rotatable bonds is 3. The van der Waals surface area contributed by atoms with Crippen molar-refractivity contribution in [3.05, 3.63) is 89.0 Å². The van der Waals surface area contributed by atoms with Gasteiger partial charge in [-0.3, -0.25) is 4.79 Å². The minimum Gasteiger partial charge on any atom is -0.366 e. The Kier molecular flexibility index (Phi) is 3.98. The summed E-state index contributed by atoms with van der Waals surface area (Å²) in [6.07, 6.45) is 0. The standard InChI is InChI=1S/C21H19NO/c1-14-8-3-5-11-17(14)20(15(2)21(22)23)19-13-7-10-16-9-4-6-12-18(16)19/h3-13H,1-2H3,(H2,22,23). The van der Waals surface area contributed by atoms with Gasteiger partial charge in [-0.25, -0.2) is 0 Å². The Morgan fingerprint density at radius 2 is 1.43 bits per heavy atom. The summed E-state index contributed by atoms with van der Waals surface area (Å²) in [5.74, 6) is -0.392. The zero-order valence-electron chi connectivity index (χ0n) is 13.3. The third kappa shape index (κ3) is 2.76. The van der Waals surface area contributed by atoms with Crippen LogP contribution >= 0.6 is 0 Å². The lowest BCUT2D eigenvalue weighted by Crippen LogP contribution is -2.14. The molecule has 0 fully saturated rings. The van der Waals surface area contributed by atoms with E-state index in [-0.39, 0.29) is 0 Å². The van der Waals surface area contributed by atoms with E-state index in [4.69, 9.17) is 5.73 Å². The van der Waals surface area contributed by atoms with Crippen LogP contribution in [-0.2, 0) is 4.79 Å². The molecule has 0 heterocycles. The lowest BCUT2D eigenvalue weighted by Gasteiger charge is -2.16. The average Bonchev–Trinajstić information content (AvgIpc) is 2.57. The number of benzene rings is 3. The highest BCUT2D eigenvalue weighted by Gasteiger charge is 2.16. The zero-order chi connectivity index (χ0) is 16.4. The number of nitrogens with two attached hydrogens (primary N) is 1. The summed E-state index contributed by atoms with van der Waals surface area (Å²) in [5.41, 5.74) is 10.3. The van der Waals surface area contributed by atoms with Crippen LogP contribution in [0.5, 0.6) is 0 Å². The van der Waals surface area contributed by atoms with Crippen molar-refractivity contribution in [3.8, 4) is 0 Å². The summed E-state index contributed by atoms with van der Waals surface area (Å²) >= 11 is 0. The van der Waals surface area contributed by atoms with Gasteiger partial charge in [0.05, 0.1) is 0 Å². The molecule has 3 aromatic rings. The second kappa shape index (κ2) is 6.09. The number of carbonyl (C=O) groups is 1. The predicted octanol–water partition coefficient (Wildman–Crippen LogP) is 4.46. The van der Waals surface area contributed by atoms with E-state index in [2.05, 4.69) is 37.3 Å². The molecule has 0 aliphatic heterocycles. The van der Waals surface area contributed by atoms with Gasteiger partial charge in [0.15, 0.2) is 0 Å². The molecule has 0 saturated heterocycles. The zero-order valence-corrected chi connectivity index (χ0v) is 13.3. The first-order valence-corrected chi connectivity index (χ1v) is 7.64. The maximum absolute atomic E-state index is 11.9. The van der Waals surface area contributed by atoms with Crippen LogP contribution in [0.4, 0.5) is 0 Å². The molecule has 3 rings (SSSR count). The van der Waals surface area contributed by atoms with Gasteiger partial charge in [-0.05, 0) is 46.9 Å². The summed E-state index contributed by atoms with van der Waals surface area (Å²) in [4.78, 5) is 11.9. The van der Waals surface area contributed by atoms with E-state index in [9.17, 15) is 4.79 Å². The predicted molar refractivity (Wildman–Crippen MR) is 96.0 cm³/mol. The fourth-order valence-electron chi connectivity index (χ4n) is 2.97. The van der Waals surface area contributed by atoms with Crippen LogP contribution in [0.25, 0.3) is 16.3 Å².